The molecule has 0 aliphatic carbocycles. The molecule has 1 N–H and O–H groups in total. The Morgan fingerprint density at radius 2 is 1.95 bits per heavy atom. The van der Waals surface area contributed by atoms with Crippen LogP contribution in [0.3, 0.4) is 0 Å². The number of alkyl carbamates (subject to hydrolysis) is 1. The fourth-order valence-corrected chi connectivity index (χ4v) is 1.55. The van der Waals surface area contributed by atoms with Crippen LogP contribution < -0.4 is 5.32 Å². The van der Waals surface area contributed by atoms with Gasteiger partial charge in [0.2, 0.25) is 5.82 Å². The van der Waals surface area contributed by atoms with Crippen LogP contribution in [-0.4, -0.2) is 22.9 Å². The molecule has 0 spiro atoms. The summed E-state index contributed by atoms with van der Waals surface area (Å²) in [5.41, 5.74) is -2.45. The second kappa shape index (κ2) is 6.46. The molecule has 0 aliphatic rings. The Morgan fingerprint density at radius 3 is 2.41 bits per heavy atom. The molecular formula is C13H14F2N2O5. The molecular weight excluding hydrogens is 302 g/mol. The van der Waals surface area contributed by atoms with E-state index in [1.807, 2.05) is 0 Å². The lowest BCUT2D eigenvalue weighted by Crippen LogP contribution is -2.35. The van der Waals surface area contributed by atoms with Gasteiger partial charge in [-0.15, -0.1) is 0 Å². The minimum Gasteiger partial charge on any atom is -0.444 e. The Balaban J connectivity index is 3.06. The van der Waals surface area contributed by atoms with E-state index in [1.54, 1.807) is 20.8 Å². The second-order valence-electron chi connectivity index (χ2n) is 5.34. The molecule has 120 valence electrons. The van der Waals surface area contributed by atoms with Crippen molar-refractivity contribution >= 4 is 18.1 Å². The largest absolute Gasteiger partial charge is 0.444 e. The summed E-state index contributed by atoms with van der Waals surface area (Å²) in [7, 11) is 0. The van der Waals surface area contributed by atoms with Gasteiger partial charge in [0.25, 0.3) is 0 Å². The van der Waals surface area contributed by atoms with Crippen LogP contribution >= 0.6 is 0 Å². The summed E-state index contributed by atoms with van der Waals surface area (Å²) in [4.78, 5) is 32.0. The number of ether oxygens (including phenoxy) is 1. The molecule has 0 bridgehead atoms. The number of nitro benzene ring substituents is 1. The Bertz CT molecular complexity index is 613. The van der Waals surface area contributed by atoms with E-state index in [4.69, 9.17) is 4.74 Å². The van der Waals surface area contributed by atoms with Crippen molar-refractivity contribution in [3.63, 3.8) is 0 Å². The summed E-state index contributed by atoms with van der Waals surface area (Å²) in [6.45, 7) is 4.73. The molecule has 0 radical (unpaired) electrons. The lowest BCUT2D eigenvalue weighted by Gasteiger charge is -2.21. The minimum atomic E-state index is -1.54. The molecule has 1 aromatic rings. The van der Waals surface area contributed by atoms with Crippen molar-refractivity contribution in [1.29, 1.82) is 0 Å². The fourth-order valence-electron chi connectivity index (χ4n) is 1.55. The van der Waals surface area contributed by atoms with E-state index in [0.29, 0.717) is 12.1 Å². The third-order valence-electron chi connectivity index (χ3n) is 2.41. The highest BCUT2D eigenvalue weighted by atomic mass is 19.1. The van der Waals surface area contributed by atoms with Gasteiger partial charge in [-0.25, -0.2) is 9.18 Å². The van der Waals surface area contributed by atoms with Gasteiger partial charge in [-0.2, -0.15) is 4.39 Å². The molecule has 1 atom stereocenters. The first-order valence-corrected chi connectivity index (χ1v) is 6.13. The number of nitro groups is 1. The summed E-state index contributed by atoms with van der Waals surface area (Å²) in [5.74, 6) is -2.51. The highest BCUT2D eigenvalue weighted by Gasteiger charge is 2.26. The highest BCUT2D eigenvalue weighted by molar-refractivity contribution is 5.74. The van der Waals surface area contributed by atoms with Gasteiger partial charge in [0.1, 0.15) is 23.7 Å². The molecule has 1 amide bonds. The van der Waals surface area contributed by atoms with Gasteiger partial charge in [0.05, 0.1) is 11.0 Å². The van der Waals surface area contributed by atoms with Gasteiger partial charge < -0.3 is 14.8 Å². The Labute approximate surface area is 124 Å². The van der Waals surface area contributed by atoms with E-state index < -0.39 is 45.5 Å². The van der Waals surface area contributed by atoms with Crippen molar-refractivity contribution in [2.75, 3.05) is 0 Å². The van der Waals surface area contributed by atoms with E-state index in [-0.39, 0.29) is 6.29 Å². The fraction of sp³-hybridized carbons (Fsp3) is 0.385. The molecule has 7 nitrogen and oxygen atoms in total. The standard InChI is InChI=1S/C13H14F2N2O5/c1-13(2,3)22-12(19)16-10(6-18)7-4-9(15)11(17(20)21)5-8(7)14/h4-6,10H,1-3H3,(H,16,19). The molecule has 0 aliphatic heterocycles. The third kappa shape index (κ3) is 4.47. The van der Waals surface area contributed by atoms with Crippen molar-refractivity contribution in [3.8, 4) is 0 Å². The van der Waals surface area contributed by atoms with Crippen molar-refractivity contribution in [3.05, 3.63) is 39.4 Å². The lowest BCUT2D eigenvalue weighted by molar-refractivity contribution is -0.387. The van der Waals surface area contributed by atoms with Gasteiger partial charge >= 0.3 is 11.8 Å². The predicted octanol–water partition coefficient (Wildman–Crippen LogP) is 2.64. The van der Waals surface area contributed by atoms with Crippen LogP contribution in [0.2, 0.25) is 0 Å². The average Bonchev–Trinajstić information content (AvgIpc) is 2.36. The lowest BCUT2D eigenvalue weighted by atomic mass is 10.1. The smallest absolute Gasteiger partial charge is 0.408 e. The Hall–Kier alpha value is -2.58. The zero-order valence-electron chi connectivity index (χ0n) is 12.1. The summed E-state index contributed by atoms with van der Waals surface area (Å²) in [6, 6.07) is -0.702. The minimum absolute atomic E-state index is 0.160. The van der Waals surface area contributed by atoms with Crippen LogP contribution in [0.5, 0.6) is 0 Å². The van der Waals surface area contributed by atoms with Crippen LogP contribution in [0.4, 0.5) is 19.3 Å². The molecule has 1 aromatic carbocycles. The number of amides is 1. The number of benzene rings is 1. The zero-order chi connectivity index (χ0) is 17.1. The van der Waals surface area contributed by atoms with Crippen LogP contribution in [-0.2, 0) is 9.53 Å². The maximum absolute atomic E-state index is 13.8. The molecule has 0 saturated carbocycles. The number of carbonyl (C=O) groups is 2. The summed E-state index contributed by atoms with van der Waals surface area (Å²) in [5, 5.41) is 12.5. The maximum atomic E-state index is 13.8. The first-order chi connectivity index (χ1) is 10.0. The van der Waals surface area contributed by atoms with E-state index >= 15 is 0 Å². The third-order valence-corrected chi connectivity index (χ3v) is 2.41. The van der Waals surface area contributed by atoms with E-state index in [2.05, 4.69) is 5.32 Å². The molecule has 0 fully saturated rings. The van der Waals surface area contributed by atoms with Crippen LogP contribution in [0.25, 0.3) is 0 Å². The van der Waals surface area contributed by atoms with Crippen molar-refractivity contribution in [2.45, 2.75) is 32.4 Å². The highest BCUT2D eigenvalue weighted by Crippen LogP contribution is 2.25. The average molecular weight is 316 g/mol. The second-order valence-corrected chi connectivity index (χ2v) is 5.34. The number of carbonyl (C=O) groups excluding carboxylic acids is 2. The van der Waals surface area contributed by atoms with Gasteiger partial charge in [0.15, 0.2) is 0 Å². The molecule has 0 heterocycles. The quantitative estimate of drug-likeness (QED) is 0.523. The maximum Gasteiger partial charge on any atom is 0.408 e. The van der Waals surface area contributed by atoms with E-state index in [0.717, 1.165) is 0 Å². The number of rotatable bonds is 4. The van der Waals surface area contributed by atoms with Crippen molar-refractivity contribution in [2.24, 2.45) is 0 Å². The summed E-state index contributed by atoms with van der Waals surface area (Å²) < 4.78 is 32.2. The van der Waals surface area contributed by atoms with Gasteiger partial charge in [-0.1, -0.05) is 0 Å². The number of nitrogens with one attached hydrogen (secondary N) is 1. The molecule has 1 rings (SSSR count). The van der Waals surface area contributed by atoms with Crippen molar-refractivity contribution in [1.82, 2.24) is 5.32 Å². The van der Waals surface area contributed by atoms with Crippen LogP contribution in [0, 0.1) is 21.7 Å². The molecule has 1 unspecified atom stereocenters. The van der Waals surface area contributed by atoms with Gasteiger partial charge in [-0.05, 0) is 26.8 Å². The number of hydrogen-bond donors (Lipinski definition) is 1. The topological polar surface area (TPSA) is 98.5 Å². The van der Waals surface area contributed by atoms with Gasteiger partial charge in [-0.3, -0.25) is 10.1 Å². The predicted molar refractivity (Wildman–Crippen MR) is 71.2 cm³/mol. The van der Waals surface area contributed by atoms with E-state index in [9.17, 15) is 28.5 Å². The Morgan fingerprint density at radius 1 is 1.36 bits per heavy atom. The SMILES string of the molecule is CC(C)(C)OC(=O)NC(C=O)c1cc(F)c([N+](=O)[O-])cc1F. The Kier molecular flexibility index (Phi) is 5.13. The molecule has 0 saturated heterocycles. The van der Waals surface area contributed by atoms with Gasteiger partial charge in [0, 0.05) is 5.56 Å². The zero-order valence-corrected chi connectivity index (χ0v) is 12.1. The van der Waals surface area contributed by atoms with E-state index in [1.165, 1.54) is 0 Å². The van der Waals surface area contributed by atoms with Crippen LogP contribution in [0.1, 0.15) is 32.4 Å². The molecule has 0 aromatic heterocycles. The van der Waals surface area contributed by atoms with Crippen LogP contribution in [0.15, 0.2) is 12.1 Å². The normalized spacial score (nSPS) is 12.4. The van der Waals surface area contributed by atoms with Crippen molar-refractivity contribution < 1.29 is 28.0 Å². The number of aldehydes is 1. The molecule has 9 heteroatoms. The number of halogens is 2. The first kappa shape index (κ1) is 17.5. The number of hydrogen-bond acceptors (Lipinski definition) is 5. The first-order valence-electron chi connectivity index (χ1n) is 6.13. The molecule has 22 heavy (non-hydrogen) atoms. The number of nitrogens with zero attached hydrogens (tertiary/aromatic N) is 1. The summed E-state index contributed by atoms with van der Waals surface area (Å²) >= 11 is 0. The monoisotopic (exact) mass is 316 g/mol. The summed E-state index contributed by atoms with van der Waals surface area (Å²) in [6.07, 6.45) is -0.851.